The summed E-state index contributed by atoms with van der Waals surface area (Å²) in [6.45, 7) is 4.26. The van der Waals surface area contributed by atoms with E-state index >= 15 is 0 Å². The van der Waals surface area contributed by atoms with E-state index in [1.54, 1.807) is 6.92 Å². The van der Waals surface area contributed by atoms with E-state index < -0.39 is 0 Å². The SMILES string of the molecule is Cc1cc(C)c([N+](=O)[O-])cc1OCC1(CS)CCC1. The van der Waals surface area contributed by atoms with E-state index in [4.69, 9.17) is 4.74 Å². The topological polar surface area (TPSA) is 52.4 Å². The zero-order chi connectivity index (χ0) is 14.0. The Balaban J connectivity index is 2.16. The molecule has 0 saturated heterocycles. The van der Waals surface area contributed by atoms with E-state index in [-0.39, 0.29) is 16.0 Å². The van der Waals surface area contributed by atoms with E-state index in [1.807, 2.05) is 13.0 Å². The van der Waals surface area contributed by atoms with E-state index in [0.717, 1.165) is 24.2 Å². The lowest BCUT2D eigenvalue weighted by Crippen LogP contribution is -2.37. The molecular formula is C14H19NO3S. The average Bonchev–Trinajstić information content (AvgIpc) is 2.30. The lowest BCUT2D eigenvalue weighted by molar-refractivity contribution is -0.385. The van der Waals surface area contributed by atoms with Crippen LogP contribution in [0.3, 0.4) is 0 Å². The van der Waals surface area contributed by atoms with Crippen molar-refractivity contribution in [2.45, 2.75) is 33.1 Å². The number of ether oxygens (including phenoxy) is 1. The van der Waals surface area contributed by atoms with Gasteiger partial charge in [0.1, 0.15) is 5.75 Å². The number of benzene rings is 1. The Bertz CT molecular complexity index is 492. The molecule has 0 radical (unpaired) electrons. The van der Waals surface area contributed by atoms with Gasteiger partial charge >= 0.3 is 0 Å². The van der Waals surface area contributed by atoms with Crippen LogP contribution in [-0.4, -0.2) is 17.3 Å². The first-order chi connectivity index (χ1) is 8.97. The van der Waals surface area contributed by atoms with Crippen molar-refractivity contribution >= 4 is 18.3 Å². The molecular weight excluding hydrogens is 262 g/mol. The van der Waals surface area contributed by atoms with Gasteiger partial charge in [-0.2, -0.15) is 12.6 Å². The van der Waals surface area contributed by atoms with Crippen LogP contribution in [0.25, 0.3) is 0 Å². The predicted molar refractivity (Wildman–Crippen MR) is 78.2 cm³/mol. The van der Waals surface area contributed by atoms with Gasteiger partial charge < -0.3 is 4.74 Å². The van der Waals surface area contributed by atoms with Crippen LogP contribution in [0, 0.1) is 29.4 Å². The van der Waals surface area contributed by atoms with Crippen LogP contribution in [0.4, 0.5) is 5.69 Å². The third-order valence-corrected chi connectivity index (χ3v) is 4.64. The molecule has 1 fully saturated rings. The Morgan fingerprint density at radius 2 is 2.05 bits per heavy atom. The molecule has 1 aromatic rings. The Morgan fingerprint density at radius 3 is 2.53 bits per heavy atom. The highest BCUT2D eigenvalue weighted by molar-refractivity contribution is 7.80. The first-order valence-corrected chi connectivity index (χ1v) is 7.10. The minimum atomic E-state index is -0.362. The molecule has 0 N–H and O–H groups in total. The summed E-state index contributed by atoms with van der Waals surface area (Å²) < 4.78 is 5.83. The van der Waals surface area contributed by atoms with E-state index in [9.17, 15) is 10.1 Å². The van der Waals surface area contributed by atoms with Crippen LogP contribution < -0.4 is 4.74 Å². The van der Waals surface area contributed by atoms with Crippen molar-refractivity contribution in [1.82, 2.24) is 0 Å². The molecule has 1 aliphatic rings. The predicted octanol–water partition coefficient (Wildman–Crippen LogP) is 3.69. The number of thiol groups is 1. The summed E-state index contributed by atoms with van der Waals surface area (Å²) in [6.07, 6.45) is 3.48. The molecule has 0 heterocycles. The van der Waals surface area contributed by atoms with Gasteiger partial charge in [0, 0.05) is 11.0 Å². The molecule has 5 heteroatoms. The summed E-state index contributed by atoms with van der Waals surface area (Å²) in [4.78, 5) is 10.6. The molecule has 0 amide bonds. The van der Waals surface area contributed by atoms with Crippen LogP contribution in [0.15, 0.2) is 12.1 Å². The Hall–Kier alpha value is -1.23. The minimum Gasteiger partial charge on any atom is -0.492 e. The van der Waals surface area contributed by atoms with Gasteiger partial charge in [-0.15, -0.1) is 0 Å². The highest BCUT2D eigenvalue weighted by Gasteiger charge is 2.36. The second kappa shape index (κ2) is 5.41. The molecule has 4 nitrogen and oxygen atoms in total. The summed E-state index contributed by atoms with van der Waals surface area (Å²) in [5.74, 6) is 1.42. The maximum Gasteiger partial charge on any atom is 0.276 e. The summed E-state index contributed by atoms with van der Waals surface area (Å²) in [5.41, 5.74) is 1.89. The van der Waals surface area contributed by atoms with Crippen molar-refractivity contribution in [1.29, 1.82) is 0 Å². The van der Waals surface area contributed by atoms with Crippen LogP contribution in [0.5, 0.6) is 5.75 Å². The highest BCUT2D eigenvalue weighted by atomic mass is 32.1. The number of aryl methyl sites for hydroxylation is 2. The molecule has 0 atom stereocenters. The van der Waals surface area contributed by atoms with Crippen molar-refractivity contribution in [3.05, 3.63) is 33.4 Å². The molecule has 2 rings (SSSR count). The van der Waals surface area contributed by atoms with Crippen molar-refractivity contribution < 1.29 is 9.66 Å². The molecule has 1 aliphatic carbocycles. The van der Waals surface area contributed by atoms with Gasteiger partial charge in [-0.05, 0) is 44.1 Å². The van der Waals surface area contributed by atoms with Gasteiger partial charge in [-0.25, -0.2) is 0 Å². The van der Waals surface area contributed by atoms with Gasteiger partial charge in [0.05, 0.1) is 17.6 Å². The van der Waals surface area contributed by atoms with Crippen LogP contribution in [-0.2, 0) is 0 Å². The normalized spacial score (nSPS) is 16.8. The van der Waals surface area contributed by atoms with E-state index in [0.29, 0.717) is 17.9 Å². The summed E-state index contributed by atoms with van der Waals surface area (Å²) in [7, 11) is 0. The quantitative estimate of drug-likeness (QED) is 0.509. The minimum absolute atomic E-state index is 0.120. The number of nitro groups is 1. The van der Waals surface area contributed by atoms with Gasteiger partial charge in [0.25, 0.3) is 5.69 Å². The number of hydrogen-bond donors (Lipinski definition) is 1. The fraction of sp³-hybridized carbons (Fsp3) is 0.571. The van der Waals surface area contributed by atoms with Crippen LogP contribution in [0.1, 0.15) is 30.4 Å². The fourth-order valence-corrected chi connectivity index (χ4v) is 2.84. The number of hydrogen-bond acceptors (Lipinski definition) is 4. The van der Waals surface area contributed by atoms with Crippen molar-refractivity contribution in [2.75, 3.05) is 12.4 Å². The maximum absolute atomic E-state index is 10.9. The summed E-state index contributed by atoms with van der Waals surface area (Å²) >= 11 is 4.39. The Kier molecular flexibility index (Phi) is 4.04. The largest absolute Gasteiger partial charge is 0.492 e. The fourth-order valence-electron chi connectivity index (χ4n) is 2.43. The van der Waals surface area contributed by atoms with Gasteiger partial charge in [0.15, 0.2) is 0 Å². The third-order valence-electron chi connectivity index (χ3n) is 3.97. The molecule has 0 unspecified atom stereocenters. The van der Waals surface area contributed by atoms with E-state index in [2.05, 4.69) is 12.6 Å². The first-order valence-electron chi connectivity index (χ1n) is 6.47. The summed E-state index contributed by atoms with van der Waals surface area (Å²) in [6, 6.07) is 3.34. The van der Waals surface area contributed by atoms with Crippen LogP contribution in [0.2, 0.25) is 0 Å². The number of nitro benzene ring substituents is 1. The second-order valence-corrected chi connectivity index (χ2v) is 5.78. The van der Waals surface area contributed by atoms with Gasteiger partial charge in [0.2, 0.25) is 0 Å². The standard InChI is InChI=1S/C14H19NO3S/c1-10-6-11(2)13(7-12(10)15(16)17)18-8-14(9-19)4-3-5-14/h6-7,19H,3-5,8-9H2,1-2H3. The summed E-state index contributed by atoms with van der Waals surface area (Å²) in [5, 5.41) is 10.9. The first kappa shape index (κ1) is 14.2. The van der Waals surface area contributed by atoms with Crippen molar-refractivity contribution in [3.63, 3.8) is 0 Å². The lowest BCUT2D eigenvalue weighted by atomic mass is 9.71. The van der Waals surface area contributed by atoms with Gasteiger partial charge in [-0.3, -0.25) is 10.1 Å². The molecule has 0 spiro atoms. The molecule has 0 aliphatic heterocycles. The molecule has 19 heavy (non-hydrogen) atoms. The zero-order valence-corrected chi connectivity index (χ0v) is 12.2. The Labute approximate surface area is 118 Å². The zero-order valence-electron chi connectivity index (χ0n) is 11.3. The molecule has 104 valence electrons. The average molecular weight is 281 g/mol. The lowest BCUT2D eigenvalue weighted by Gasteiger charge is -2.40. The number of nitrogens with zero attached hydrogens (tertiary/aromatic N) is 1. The van der Waals surface area contributed by atoms with Crippen molar-refractivity contribution in [3.8, 4) is 5.75 Å². The molecule has 1 aromatic carbocycles. The number of rotatable bonds is 5. The third kappa shape index (κ3) is 2.86. The molecule has 0 bridgehead atoms. The smallest absolute Gasteiger partial charge is 0.276 e. The Morgan fingerprint density at radius 1 is 1.37 bits per heavy atom. The molecule has 0 aromatic heterocycles. The van der Waals surface area contributed by atoms with Crippen molar-refractivity contribution in [2.24, 2.45) is 5.41 Å². The monoisotopic (exact) mass is 281 g/mol. The van der Waals surface area contributed by atoms with Gasteiger partial charge in [-0.1, -0.05) is 6.42 Å². The van der Waals surface area contributed by atoms with Crippen LogP contribution >= 0.6 is 12.6 Å². The highest BCUT2D eigenvalue weighted by Crippen LogP contribution is 2.42. The van der Waals surface area contributed by atoms with E-state index in [1.165, 1.54) is 12.5 Å². The maximum atomic E-state index is 10.9. The second-order valence-electron chi connectivity index (χ2n) is 5.46. The molecule has 1 saturated carbocycles.